The lowest BCUT2D eigenvalue weighted by Gasteiger charge is -2.09. The topological polar surface area (TPSA) is 123 Å². The van der Waals surface area contributed by atoms with E-state index in [-0.39, 0.29) is 33.1 Å². The molecular weight excluding hydrogens is 563 g/mol. The fourth-order valence-corrected chi connectivity index (χ4v) is 4.01. The zero-order chi connectivity index (χ0) is 27.6. The molecular formula is C22H12ClF5N4O5S. The molecule has 0 saturated heterocycles. The molecule has 0 aliphatic heterocycles. The number of carbonyl (C=O) groups excluding carboxylic acids is 1. The molecule has 0 fully saturated rings. The fraction of sp³-hybridized carbons (Fsp3) is 0.0455. The van der Waals surface area contributed by atoms with Crippen molar-refractivity contribution < 1.29 is 44.3 Å². The smallest absolute Gasteiger partial charge is 0.291 e. The van der Waals surface area contributed by atoms with Crippen LogP contribution in [0.2, 0.25) is 5.15 Å². The van der Waals surface area contributed by atoms with E-state index in [0.717, 1.165) is 0 Å². The number of benzene rings is 2. The summed E-state index contributed by atoms with van der Waals surface area (Å²) < 4.78 is 104. The number of hydrogen-bond acceptors (Lipinski definition) is 7. The van der Waals surface area contributed by atoms with Crippen LogP contribution in [0.3, 0.4) is 0 Å². The van der Waals surface area contributed by atoms with Gasteiger partial charge >= 0.3 is 0 Å². The molecule has 0 saturated carbocycles. The summed E-state index contributed by atoms with van der Waals surface area (Å²) in [6, 6.07) is 9.99. The molecule has 16 heteroatoms. The highest BCUT2D eigenvalue weighted by Gasteiger charge is 2.27. The molecule has 0 aliphatic rings. The van der Waals surface area contributed by atoms with Crippen molar-refractivity contribution in [2.45, 2.75) is 11.5 Å². The third-order valence-corrected chi connectivity index (χ3v) is 6.28. The second-order valence-electron chi connectivity index (χ2n) is 7.28. The Bertz CT molecular complexity index is 1590. The van der Waals surface area contributed by atoms with Crippen LogP contribution >= 0.6 is 11.6 Å². The zero-order valence-electron chi connectivity index (χ0n) is 18.4. The van der Waals surface area contributed by atoms with E-state index in [9.17, 15) is 35.2 Å². The second kappa shape index (κ2) is 10.6. The van der Waals surface area contributed by atoms with Crippen LogP contribution in [0.1, 0.15) is 16.3 Å². The SMILES string of the molecule is O=C(Nc1ccc(S(=O)(=O)Nc2ccc(Cl)nn2)cc1)c1ccc(COc2c(F)c(F)c(F)c(F)c2F)o1. The number of nitrogens with zero attached hydrogens (tertiary/aromatic N) is 2. The lowest BCUT2D eigenvalue weighted by molar-refractivity contribution is 0.0992. The van der Waals surface area contributed by atoms with Crippen LogP contribution in [0.5, 0.6) is 5.75 Å². The largest absolute Gasteiger partial charge is 0.479 e. The van der Waals surface area contributed by atoms with Crippen LogP contribution in [-0.2, 0) is 16.6 Å². The summed E-state index contributed by atoms with van der Waals surface area (Å²) in [5.41, 5.74) is 0.177. The monoisotopic (exact) mass is 574 g/mol. The quantitative estimate of drug-likeness (QED) is 0.171. The highest BCUT2D eigenvalue weighted by Crippen LogP contribution is 2.30. The van der Waals surface area contributed by atoms with Gasteiger partial charge in [0.2, 0.25) is 29.1 Å². The predicted molar refractivity (Wildman–Crippen MR) is 122 cm³/mol. The number of anilines is 2. The molecule has 0 atom stereocenters. The Labute approximate surface area is 215 Å². The van der Waals surface area contributed by atoms with E-state index in [2.05, 4.69) is 25.0 Å². The molecule has 2 heterocycles. The Morgan fingerprint density at radius 3 is 2.11 bits per heavy atom. The summed E-state index contributed by atoms with van der Waals surface area (Å²) in [5.74, 6) is -13.8. The first kappa shape index (κ1) is 26.8. The summed E-state index contributed by atoms with van der Waals surface area (Å²) >= 11 is 5.61. The predicted octanol–water partition coefficient (Wildman–Crippen LogP) is 5.05. The first-order valence-corrected chi connectivity index (χ1v) is 12.0. The molecule has 0 unspecified atom stereocenters. The molecule has 0 bridgehead atoms. The van der Waals surface area contributed by atoms with E-state index in [0.29, 0.717) is 0 Å². The number of aromatic nitrogens is 2. The molecule has 0 spiro atoms. The van der Waals surface area contributed by atoms with Gasteiger partial charge in [0.25, 0.3) is 15.9 Å². The van der Waals surface area contributed by atoms with Gasteiger partial charge in [-0.1, -0.05) is 11.6 Å². The molecule has 0 radical (unpaired) electrons. The molecule has 2 aromatic heterocycles. The minimum atomic E-state index is -4.03. The van der Waals surface area contributed by atoms with Crippen molar-refractivity contribution in [2.24, 2.45) is 0 Å². The van der Waals surface area contributed by atoms with Crippen molar-refractivity contribution in [3.8, 4) is 5.75 Å². The maximum Gasteiger partial charge on any atom is 0.291 e. The Kier molecular flexibility index (Phi) is 7.50. The van der Waals surface area contributed by atoms with Crippen LogP contribution in [0.25, 0.3) is 0 Å². The average Bonchev–Trinajstić information content (AvgIpc) is 3.37. The third-order valence-electron chi connectivity index (χ3n) is 4.71. The van der Waals surface area contributed by atoms with Crippen LogP contribution in [0.15, 0.2) is 57.8 Å². The average molecular weight is 575 g/mol. The van der Waals surface area contributed by atoms with Crippen molar-refractivity contribution in [1.29, 1.82) is 0 Å². The molecule has 1 amide bonds. The number of ether oxygens (including phenoxy) is 1. The first-order valence-electron chi connectivity index (χ1n) is 10.1. The van der Waals surface area contributed by atoms with Crippen molar-refractivity contribution in [3.63, 3.8) is 0 Å². The van der Waals surface area contributed by atoms with Crippen molar-refractivity contribution >= 4 is 39.0 Å². The molecule has 38 heavy (non-hydrogen) atoms. The summed E-state index contributed by atoms with van der Waals surface area (Å²) in [4.78, 5) is 12.3. The molecule has 198 valence electrons. The van der Waals surface area contributed by atoms with Gasteiger partial charge in [-0.2, -0.15) is 8.78 Å². The number of furan rings is 1. The lowest BCUT2D eigenvalue weighted by atomic mass is 10.2. The standard InChI is InChI=1S/C22H12ClF5N4O5S/c23-14-7-8-15(31-30-14)32-38(34,35)12-4-1-10(2-5-12)29-22(33)13-6-3-11(37-13)9-36-21-19(27)17(25)16(24)18(26)20(21)28/h1-8H,9H2,(H,29,33)(H,31,32). The fourth-order valence-electron chi connectivity index (χ4n) is 2.91. The first-order chi connectivity index (χ1) is 18.0. The van der Waals surface area contributed by atoms with Gasteiger partial charge in [-0.15, -0.1) is 10.2 Å². The second-order valence-corrected chi connectivity index (χ2v) is 9.35. The van der Waals surface area contributed by atoms with Gasteiger partial charge in [-0.05, 0) is 48.5 Å². The number of amides is 1. The minimum absolute atomic E-state index is 0.0652. The number of halogens is 6. The number of carbonyl (C=O) groups is 1. The summed E-state index contributed by atoms with van der Waals surface area (Å²) in [5, 5.41) is 9.63. The van der Waals surface area contributed by atoms with Gasteiger partial charge in [0.15, 0.2) is 22.5 Å². The summed E-state index contributed by atoms with van der Waals surface area (Å²) in [6.07, 6.45) is 0. The Morgan fingerprint density at radius 2 is 1.50 bits per heavy atom. The number of hydrogen-bond donors (Lipinski definition) is 2. The number of nitrogens with one attached hydrogen (secondary N) is 2. The van der Waals surface area contributed by atoms with E-state index in [1.807, 2.05) is 0 Å². The van der Waals surface area contributed by atoms with Crippen LogP contribution in [0, 0.1) is 29.1 Å². The molecule has 0 aliphatic carbocycles. The number of rotatable bonds is 8. The zero-order valence-corrected chi connectivity index (χ0v) is 20.0. The molecule has 4 aromatic rings. The normalized spacial score (nSPS) is 11.3. The number of sulfonamides is 1. The van der Waals surface area contributed by atoms with Crippen molar-refractivity contribution in [1.82, 2.24) is 10.2 Å². The molecule has 2 aromatic carbocycles. The maximum atomic E-state index is 13.7. The van der Waals surface area contributed by atoms with Gasteiger partial charge in [0.1, 0.15) is 12.4 Å². The van der Waals surface area contributed by atoms with E-state index in [1.54, 1.807) is 0 Å². The van der Waals surface area contributed by atoms with Gasteiger partial charge in [0.05, 0.1) is 4.90 Å². The van der Waals surface area contributed by atoms with E-state index in [4.69, 9.17) is 16.0 Å². The Morgan fingerprint density at radius 1 is 0.868 bits per heavy atom. The van der Waals surface area contributed by atoms with Gasteiger partial charge < -0.3 is 14.5 Å². The lowest BCUT2D eigenvalue weighted by Crippen LogP contribution is -2.15. The third kappa shape index (κ3) is 5.68. The van der Waals surface area contributed by atoms with Crippen molar-refractivity contribution in [3.05, 3.63) is 94.3 Å². The Hall–Kier alpha value is -4.24. The maximum absolute atomic E-state index is 13.7. The highest BCUT2D eigenvalue weighted by atomic mass is 35.5. The van der Waals surface area contributed by atoms with Crippen LogP contribution in [0.4, 0.5) is 33.5 Å². The molecule has 9 nitrogen and oxygen atoms in total. The van der Waals surface area contributed by atoms with E-state index in [1.165, 1.54) is 48.5 Å². The molecule has 4 rings (SSSR count). The van der Waals surface area contributed by atoms with Crippen molar-refractivity contribution in [2.75, 3.05) is 10.0 Å². The van der Waals surface area contributed by atoms with Gasteiger partial charge in [0, 0.05) is 5.69 Å². The van der Waals surface area contributed by atoms with E-state index >= 15 is 0 Å². The van der Waals surface area contributed by atoms with Crippen LogP contribution < -0.4 is 14.8 Å². The minimum Gasteiger partial charge on any atom is -0.479 e. The summed E-state index contributed by atoms with van der Waals surface area (Å²) in [6.45, 7) is -0.761. The van der Waals surface area contributed by atoms with E-state index < -0.39 is 57.4 Å². The molecule has 2 N–H and O–H groups in total. The van der Waals surface area contributed by atoms with Crippen LogP contribution in [-0.4, -0.2) is 24.5 Å². The summed E-state index contributed by atoms with van der Waals surface area (Å²) in [7, 11) is -4.03. The van der Waals surface area contributed by atoms with Gasteiger partial charge in [-0.25, -0.2) is 21.6 Å². The highest BCUT2D eigenvalue weighted by molar-refractivity contribution is 7.92. The van der Waals surface area contributed by atoms with Gasteiger partial charge in [-0.3, -0.25) is 9.52 Å². The Balaban J connectivity index is 1.39.